The number of amides is 1. The predicted molar refractivity (Wildman–Crippen MR) is 120 cm³/mol. The van der Waals surface area contributed by atoms with Crippen molar-refractivity contribution in [3.05, 3.63) is 65.1 Å². The van der Waals surface area contributed by atoms with Crippen LogP contribution >= 0.6 is 0 Å². The Labute approximate surface area is 185 Å². The standard InChI is InChI=1S/C24H24N4O4/c1-14-10-18(29)5-4-16(14)13-23(30)25-9-8-22-27-24(32-28-22)20-12-17-11-19(31-3)6-7-21(17)26-15(20)2/h4-7,10-12,29H,8-9,13H2,1-3H3,(H,25,30). The molecule has 0 aliphatic carbocycles. The van der Waals surface area contributed by atoms with E-state index in [-0.39, 0.29) is 18.1 Å². The molecular weight excluding hydrogens is 408 g/mol. The molecule has 4 aromatic rings. The Hall–Kier alpha value is -3.94. The van der Waals surface area contributed by atoms with E-state index >= 15 is 0 Å². The number of nitrogens with zero attached hydrogens (tertiary/aromatic N) is 3. The average Bonchev–Trinajstić information content (AvgIpc) is 3.23. The third-order valence-electron chi connectivity index (χ3n) is 5.26. The summed E-state index contributed by atoms with van der Waals surface area (Å²) in [5.74, 6) is 1.73. The van der Waals surface area contributed by atoms with Crippen LogP contribution in [0.1, 0.15) is 22.6 Å². The lowest BCUT2D eigenvalue weighted by atomic mass is 10.1. The minimum Gasteiger partial charge on any atom is -0.508 e. The maximum absolute atomic E-state index is 12.2. The van der Waals surface area contributed by atoms with Gasteiger partial charge >= 0.3 is 0 Å². The number of methoxy groups -OCH3 is 1. The summed E-state index contributed by atoms with van der Waals surface area (Å²) in [6, 6.07) is 12.6. The lowest BCUT2D eigenvalue weighted by Crippen LogP contribution is -2.27. The number of carbonyl (C=O) groups is 1. The molecule has 0 aliphatic heterocycles. The van der Waals surface area contributed by atoms with Gasteiger partial charge < -0.3 is 19.7 Å². The summed E-state index contributed by atoms with van der Waals surface area (Å²) in [6.07, 6.45) is 0.687. The highest BCUT2D eigenvalue weighted by atomic mass is 16.5. The van der Waals surface area contributed by atoms with Gasteiger partial charge in [0.05, 0.1) is 30.3 Å². The van der Waals surface area contributed by atoms with Crippen LogP contribution in [0.3, 0.4) is 0 Å². The van der Waals surface area contributed by atoms with Crippen molar-refractivity contribution in [2.75, 3.05) is 13.7 Å². The van der Waals surface area contributed by atoms with Gasteiger partial charge in [0.15, 0.2) is 5.82 Å². The fraction of sp³-hybridized carbons (Fsp3) is 0.250. The molecule has 0 spiro atoms. The van der Waals surface area contributed by atoms with Crippen molar-refractivity contribution in [3.8, 4) is 23.0 Å². The first-order valence-corrected chi connectivity index (χ1v) is 10.3. The van der Waals surface area contributed by atoms with Crippen LogP contribution in [0.15, 0.2) is 47.0 Å². The molecule has 0 aliphatic rings. The van der Waals surface area contributed by atoms with Gasteiger partial charge in [-0.25, -0.2) is 0 Å². The van der Waals surface area contributed by atoms with E-state index in [0.717, 1.165) is 39.0 Å². The van der Waals surface area contributed by atoms with Crippen LogP contribution < -0.4 is 10.1 Å². The van der Waals surface area contributed by atoms with Crippen molar-refractivity contribution >= 4 is 16.8 Å². The van der Waals surface area contributed by atoms with Crippen molar-refractivity contribution in [1.29, 1.82) is 0 Å². The highest BCUT2D eigenvalue weighted by Crippen LogP contribution is 2.27. The summed E-state index contributed by atoms with van der Waals surface area (Å²) in [5, 5.41) is 17.3. The van der Waals surface area contributed by atoms with E-state index in [9.17, 15) is 9.90 Å². The molecule has 1 amide bonds. The number of carbonyl (C=O) groups excluding carboxylic acids is 1. The van der Waals surface area contributed by atoms with Crippen molar-refractivity contribution < 1.29 is 19.2 Å². The second-order valence-corrected chi connectivity index (χ2v) is 7.58. The van der Waals surface area contributed by atoms with E-state index in [1.807, 2.05) is 38.1 Å². The largest absolute Gasteiger partial charge is 0.508 e. The number of aromatic nitrogens is 3. The number of benzene rings is 2. The number of hydrogen-bond donors (Lipinski definition) is 2. The fourth-order valence-electron chi connectivity index (χ4n) is 3.49. The quantitative estimate of drug-likeness (QED) is 0.460. The zero-order valence-corrected chi connectivity index (χ0v) is 18.2. The second-order valence-electron chi connectivity index (χ2n) is 7.58. The molecule has 0 fully saturated rings. The fourth-order valence-corrected chi connectivity index (χ4v) is 3.49. The number of pyridine rings is 1. The summed E-state index contributed by atoms with van der Waals surface area (Å²) in [6.45, 7) is 4.15. The normalized spacial score (nSPS) is 11.0. The molecule has 0 saturated carbocycles. The number of phenols is 1. The molecule has 2 heterocycles. The second kappa shape index (κ2) is 9.05. The molecule has 0 saturated heterocycles. The lowest BCUT2D eigenvalue weighted by Gasteiger charge is -2.07. The van der Waals surface area contributed by atoms with Gasteiger partial charge in [-0.3, -0.25) is 9.78 Å². The Balaban J connectivity index is 1.39. The van der Waals surface area contributed by atoms with Crippen LogP contribution in [0.4, 0.5) is 0 Å². The summed E-state index contributed by atoms with van der Waals surface area (Å²) < 4.78 is 10.7. The van der Waals surface area contributed by atoms with E-state index in [4.69, 9.17) is 9.26 Å². The maximum atomic E-state index is 12.2. The number of phenolic OH excluding ortho intramolecular Hbond substituents is 1. The van der Waals surface area contributed by atoms with Crippen molar-refractivity contribution in [3.63, 3.8) is 0 Å². The number of aromatic hydroxyl groups is 1. The predicted octanol–water partition coefficient (Wildman–Crippen LogP) is 3.52. The molecule has 0 bridgehead atoms. The lowest BCUT2D eigenvalue weighted by molar-refractivity contribution is -0.120. The van der Waals surface area contributed by atoms with Crippen molar-refractivity contribution in [2.24, 2.45) is 0 Å². The summed E-state index contributed by atoms with van der Waals surface area (Å²) in [7, 11) is 1.62. The Morgan fingerprint density at radius 2 is 1.97 bits per heavy atom. The summed E-state index contributed by atoms with van der Waals surface area (Å²) in [5.41, 5.74) is 4.16. The van der Waals surface area contributed by atoms with E-state index in [0.29, 0.717) is 24.7 Å². The molecule has 2 aromatic heterocycles. The molecule has 0 radical (unpaired) electrons. The zero-order chi connectivity index (χ0) is 22.7. The molecule has 2 aromatic carbocycles. The maximum Gasteiger partial charge on any atom is 0.259 e. The average molecular weight is 432 g/mol. The van der Waals surface area contributed by atoms with Gasteiger partial charge in [-0.05, 0) is 61.4 Å². The molecule has 0 unspecified atom stereocenters. The third kappa shape index (κ3) is 4.69. The van der Waals surface area contributed by atoms with Crippen LogP contribution in [0.5, 0.6) is 11.5 Å². The molecule has 0 atom stereocenters. The number of nitrogens with one attached hydrogen (secondary N) is 1. The Bertz CT molecular complexity index is 1280. The van der Waals surface area contributed by atoms with E-state index in [1.165, 1.54) is 0 Å². The number of rotatable bonds is 7. The molecule has 2 N–H and O–H groups in total. The smallest absolute Gasteiger partial charge is 0.259 e. The molecule has 8 nitrogen and oxygen atoms in total. The van der Waals surface area contributed by atoms with Gasteiger partial charge in [0, 0.05) is 18.4 Å². The van der Waals surface area contributed by atoms with Crippen LogP contribution in [0.2, 0.25) is 0 Å². The zero-order valence-electron chi connectivity index (χ0n) is 18.2. The van der Waals surface area contributed by atoms with Crippen LogP contribution in [-0.4, -0.2) is 39.8 Å². The highest BCUT2D eigenvalue weighted by molar-refractivity contribution is 5.84. The van der Waals surface area contributed by atoms with Gasteiger partial charge in [0.1, 0.15) is 11.5 Å². The Kier molecular flexibility index (Phi) is 6.02. The number of ether oxygens (including phenoxy) is 1. The minimum absolute atomic E-state index is 0.106. The minimum atomic E-state index is -0.106. The van der Waals surface area contributed by atoms with Gasteiger partial charge in [-0.2, -0.15) is 4.98 Å². The van der Waals surface area contributed by atoms with Gasteiger partial charge in [0.25, 0.3) is 5.89 Å². The summed E-state index contributed by atoms with van der Waals surface area (Å²) >= 11 is 0. The first kappa shape index (κ1) is 21.3. The van der Waals surface area contributed by atoms with Crippen LogP contribution in [0.25, 0.3) is 22.4 Å². The Morgan fingerprint density at radius 3 is 2.75 bits per heavy atom. The van der Waals surface area contributed by atoms with E-state index in [2.05, 4.69) is 20.4 Å². The van der Waals surface area contributed by atoms with Gasteiger partial charge in [-0.1, -0.05) is 11.2 Å². The SMILES string of the molecule is COc1ccc2nc(C)c(-c3nc(CCNC(=O)Cc4ccc(O)cc4C)no3)cc2c1. The van der Waals surface area contributed by atoms with Gasteiger partial charge in [-0.15, -0.1) is 0 Å². The monoisotopic (exact) mass is 432 g/mol. The third-order valence-corrected chi connectivity index (χ3v) is 5.26. The first-order chi connectivity index (χ1) is 15.4. The van der Waals surface area contributed by atoms with Crippen molar-refractivity contribution in [1.82, 2.24) is 20.4 Å². The van der Waals surface area contributed by atoms with E-state index < -0.39 is 0 Å². The number of hydrogen-bond acceptors (Lipinski definition) is 7. The molecular formula is C24H24N4O4. The van der Waals surface area contributed by atoms with Crippen LogP contribution in [0, 0.1) is 13.8 Å². The Morgan fingerprint density at radius 1 is 1.12 bits per heavy atom. The molecule has 32 heavy (non-hydrogen) atoms. The van der Waals surface area contributed by atoms with Gasteiger partial charge in [0.2, 0.25) is 5.91 Å². The first-order valence-electron chi connectivity index (χ1n) is 10.3. The number of aryl methyl sites for hydroxylation is 2. The summed E-state index contributed by atoms with van der Waals surface area (Å²) in [4.78, 5) is 21.3. The molecule has 8 heteroatoms. The van der Waals surface area contributed by atoms with E-state index in [1.54, 1.807) is 25.3 Å². The number of fused-ring (bicyclic) bond motifs is 1. The molecule has 4 rings (SSSR count). The topological polar surface area (TPSA) is 110 Å². The molecule has 164 valence electrons. The highest BCUT2D eigenvalue weighted by Gasteiger charge is 2.14. The van der Waals surface area contributed by atoms with Crippen LogP contribution in [-0.2, 0) is 17.6 Å². The van der Waals surface area contributed by atoms with Crippen molar-refractivity contribution in [2.45, 2.75) is 26.7 Å².